The van der Waals surface area contributed by atoms with Gasteiger partial charge in [-0.15, -0.1) is 0 Å². The third-order valence-electron chi connectivity index (χ3n) is 3.90. The Balaban J connectivity index is 1.88. The van der Waals surface area contributed by atoms with E-state index in [4.69, 9.17) is 9.47 Å². The number of ether oxygens (including phenoxy) is 2. The molecular weight excluding hydrogens is 400 g/mol. The molecule has 0 fully saturated rings. The molecule has 154 valence electrons. The number of anilines is 1. The second kappa shape index (κ2) is 8.35. The standard InChI is InChI=1S/C18H20N4O6S/c1-3-11-28-17(23)12-5-7-13(8-6-12)29(25,26)21-15-14(18(24)27-4-2)16-19-9-10-22(16)20-15/h5-10,20-21H,3-4,11H2,1-2H3. The van der Waals surface area contributed by atoms with Crippen molar-refractivity contribution in [3.8, 4) is 0 Å². The zero-order chi connectivity index (χ0) is 21.0. The van der Waals surface area contributed by atoms with Crippen molar-refractivity contribution in [2.75, 3.05) is 17.9 Å². The Hall–Kier alpha value is -3.34. The zero-order valence-electron chi connectivity index (χ0n) is 15.8. The topological polar surface area (TPSA) is 132 Å². The van der Waals surface area contributed by atoms with Gasteiger partial charge in [-0.25, -0.2) is 27.5 Å². The van der Waals surface area contributed by atoms with Crippen LogP contribution in [0.2, 0.25) is 0 Å². The molecule has 0 aliphatic heterocycles. The minimum absolute atomic E-state index is 0.0276. The first kappa shape index (κ1) is 20.4. The van der Waals surface area contributed by atoms with Gasteiger partial charge in [-0.05, 0) is 37.6 Å². The normalized spacial score (nSPS) is 11.4. The van der Waals surface area contributed by atoms with Crippen molar-refractivity contribution < 1.29 is 27.5 Å². The van der Waals surface area contributed by atoms with Gasteiger partial charge in [0.15, 0.2) is 11.5 Å². The van der Waals surface area contributed by atoms with Crippen LogP contribution in [0.3, 0.4) is 0 Å². The predicted octanol–water partition coefficient (Wildman–Crippen LogP) is 2.21. The molecular formula is C18H20N4O6S. The summed E-state index contributed by atoms with van der Waals surface area (Å²) in [6.07, 6.45) is 3.68. The van der Waals surface area contributed by atoms with Gasteiger partial charge < -0.3 is 9.47 Å². The highest BCUT2D eigenvalue weighted by molar-refractivity contribution is 7.92. The van der Waals surface area contributed by atoms with Crippen LogP contribution >= 0.6 is 0 Å². The number of rotatable bonds is 8. The van der Waals surface area contributed by atoms with Crippen molar-refractivity contribution in [1.82, 2.24) is 14.6 Å². The Morgan fingerprint density at radius 3 is 2.52 bits per heavy atom. The number of aromatic nitrogens is 3. The summed E-state index contributed by atoms with van der Waals surface area (Å²) in [7, 11) is -4.05. The molecule has 0 spiro atoms. The second-order valence-corrected chi connectivity index (χ2v) is 7.65. The summed E-state index contributed by atoms with van der Waals surface area (Å²) in [5.41, 5.74) is 0.443. The molecule has 2 N–H and O–H groups in total. The van der Waals surface area contributed by atoms with Gasteiger partial charge in [-0.3, -0.25) is 9.82 Å². The Bertz CT molecular complexity index is 1130. The number of hydrogen-bond donors (Lipinski definition) is 2. The van der Waals surface area contributed by atoms with Crippen LogP contribution in [0.5, 0.6) is 0 Å². The first-order valence-corrected chi connectivity index (χ1v) is 10.4. The summed E-state index contributed by atoms with van der Waals surface area (Å²) in [6, 6.07) is 5.28. The lowest BCUT2D eigenvalue weighted by atomic mass is 10.2. The van der Waals surface area contributed by atoms with Gasteiger partial charge in [0.1, 0.15) is 5.56 Å². The minimum atomic E-state index is -4.05. The molecule has 0 bridgehead atoms. The van der Waals surface area contributed by atoms with Crippen LogP contribution in [0.15, 0.2) is 41.6 Å². The first-order chi connectivity index (χ1) is 13.9. The van der Waals surface area contributed by atoms with Gasteiger partial charge in [0, 0.05) is 12.4 Å². The highest BCUT2D eigenvalue weighted by atomic mass is 32.2. The molecule has 10 nitrogen and oxygen atoms in total. The maximum Gasteiger partial charge on any atom is 0.345 e. The van der Waals surface area contributed by atoms with Crippen LogP contribution in [0.4, 0.5) is 5.82 Å². The molecule has 2 heterocycles. The highest BCUT2D eigenvalue weighted by Crippen LogP contribution is 2.23. The number of H-pyrrole nitrogens is 1. The summed E-state index contributed by atoms with van der Waals surface area (Å²) < 4.78 is 39.3. The number of benzene rings is 1. The number of sulfonamides is 1. The third-order valence-corrected chi connectivity index (χ3v) is 5.27. The Labute approximate surface area is 166 Å². The molecule has 11 heteroatoms. The monoisotopic (exact) mass is 420 g/mol. The number of nitrogens with zero attached hydrogens (tertiary/aromatic N) is 2. The van der Waals surface area contributed by atoms with Gasteiger partial charge in [0.05, 0.1) is 23.7 Å². The van der Waals surface area contributed by atoms with E-state index in [9.17, 15) is 18.0 Å². The average Bonchev–Trinajstić information content (AvgIpc) is 3.26. The van der Waals surface area contributed by atoms with E-state index >= 15 is 0 Å². The third kappa shape index (κ3) is 4.24. The van der Waals surface area contributed by atoms with Crippen molar-refractivity contribution in [3.63, 3.8) is 0 Å². The average molecular weight is 420 g/mol. The number of carbonyl (C=O) groups excluding carboxylic acids is 2. The SMILES string of the molecule is CCCOC(=O)c1ccc(S(=O)(=O)Nc2[nH]n3ccnc3c2C(=O)OCC)cc1. The lowest BCUT2D eigenvalue weighted by Crippen LogP contribution is -2.16. The zero-order valence-corrected chi connectivity index (χ0v) is 16.7. The Kier molecular flexibility index (Phi) is 5.87. The molecule has 0 unspecified atom stereocenters. The molecule has 0 aliphatic carbocycles. The second-order valence-electron chi connectivity index (χ2n) is 5.97. The molecule has 3 aromatic rings. The van der Waals surface area contributed by atoms with Crippen LogP contribution < -0.4 is 4.72 Å². The van der Waals surface area contributed by atoms with E-state index in [2.05, 4.69) is 14.8 Å². The summed E-state index contributed by atoms with van der Waals surface area (Å²) in [4.78, 5) is 28.1. The number of carbonyl (C=O) groups is 2. The van der Waals surface area contributed by atoms with E-state index in [1.54, 1.807) is 6.92 Å². The number of aromatic amines is 1. The van der Waals surface area contributed by atoms with Gasteiger partial charge in [0.2, 0.25) is 0 Å². The van der Waals surface area contributed by atoms with Crippen LogP contribution in [-0.4, -0.2) is 48.2 Å². The molecule has 0 saturated carbocycles. The van der Waals surface area contributed by atoms with Crippen molar-refractivity contribution in [1.29, 1.82) is 0 Å². The number of esters is 2. The van der Waals surface area contributed by atoms with Gasteiger partial charge in [-0.2, -0.15) is 0 Å². The first-order valence-electron chi connectivity index (χ1n) is 8.89. The number of hydrogen-bond acceptors (Lipinski definition) is 7. The van der Waals surface area contributed by atoms with E-state index in [0.29, 0.717) is 6.42 Å². The number of nitrogens with one attached hydrogen (secondary N) is 2. The lowest BCUT2D eigenvalue weighted by molar-refractivity contribution is 0.0501. The number of imidazole rings is 1. The van der Waals surface area contributed by atoms with E-state index < -0.39 is 22.0 Å². The molecule has 1 aromatic carbocycles. The van der Waals surface area contributed by atoms with Crippen LogP contribution in [-0.2, 0) is 19.5 Å². The molecule has 0 saturated heterocycles. The highest BCUT2D eigenvalue weighted by Gasteiger charge is 2.25. The van der Waals surface area contributed by atoms with Gasteiger partial charge in [-0.1, -0.05) is 6.92 Å². The molecule has 29 heavy (non-hydrogen) atoms. The predicted molar refractivity (Wildman–Crippen MR) is 103 cm³/mol. The van der Waals surface area contributed by atoms with E-state index in [1.165, 1.54) is 41.2 Å². The van der Waals surface area contributed by atoms with Crippen molar-refractivity contribution in [2.24, 2.45) is 0 Å². The fourth-order valence-corrected chi connectivity index (χ4v) is 3.61. The smallest absolute Gasteiger partial charge is 0.345 e. The molecule has 0 atom stereocenters. The molecule has 3 rings (SSSR count). The molecule has 0 radical (unpaired) electrons. The van der Waals surface area contributed by atoms with Crippen LogP contribution in [0.1, 0.15) is 41.0 Å². The van der Waals surface area contributed by atoms with E-state index in [0.717, 1.165) is 0 Å². The van der Waals surface area contributed by atoms with Crippen molar-refractivity contribution >= 4 is 33.4 Å². The largest absolute Gasteiger partial charge is 0.462 e. The van der Waals surface area contributed by atoms with Crippen molar-refractivity contribution in [2.45, 2.75) is 25.2 Å². The Morgan fingerprint density at radius 2 is 1.86 bits per heavy atom. The van der Waals surface area contributed by atoms with Crippen molar-refractivity contribution in [3.05, 3.63) is 47.8 Å². The van der Waals surface area contributed by atoms with Crippen LogP contribution in [0, 0.1) is 0 Å². The molecule has 0 amide bonds. The summed E-state index contributed by atoms with van der Waals surface area (Å²) >= 11 is 0. The Morgan fingerprint density at radius 1 is 1.14 bits per heavy atom. The quantitative estimate of drug-likeness (QED) is 0.534. The fraction of sp³-hybridized carbons (Fsp3) is 0.278. The van der Waals surface area contributed by atoms with E-state index in [1.807, 2.05) is 6.92 Å². The molecule has 2 aromatic heterocycles. The van der Waals surface area contributed by atoms with Crippen LogP contribution in [0.25, 0.3) is 5.65 Å². The van der Waals surface area contributed by atoms with Gasteiger partial charge >= 0.3 is 11.9 Å². The number of fused-ring (bicyclic) bond motifs is 1. The maximum absolute atomic E-state index is 12.8. The summed E-state index contributed by atoms with van der Waals surface area (Å²) in [5.74, 6) is -1.31. The summed E-state index contributed by atoms with van der Waals surface area (Å²) in [6.45, 7) is 3.92. The van der Waals surface area contributed by atoms with Gasteiger partial charge in [0.25, 0.3) is 10.0 Å². The maximum atomic E-state index is 12.8. The minimum Gasteiger partial charge on any atom is -0.462 e. The summed E-state index contributed by atoms with van der Waals surface area (Å²) in [5, 5.41) is 2.75. The fourth-order valence-electron chi connectivity index (χ4n) is 2.58. The lowest BCUT2D eigenvalue weighted by Gasteiger charge is -2.09. The molecule has 0 aliphatic rings. The van der Waals surface area contributed by atoms with E-state index in [-0.39, 0.29) is 40.7 Å².